The van der Waals surface area contributed by atoms with Gasteiger partial charge in [-0.3, -0.25) is 9.88 Å². The SMILES string of the molecule is Cc1cnc2c(S(=O)(=O)N3CCN(CCS(=O)(=O)c4ccc(Cl)cc4)CC3)cccc2c1. The Balaban J connectivity index is 1.42. The molecule has 10 heteroatoms. The first kappa shape index (κ1) is 23.1. The minimum Gasteiger partial charge on any atom is -0.300 e. The first-order chi connectivity index (χ1) is 15.2. The van der Waals surface area contributed by atoms with Gasteiger partial charge in [0.2, 0.25) is 10.0 Å². The Hall–Kier alpha value is -2.04. The number of hydrogen-bond donors (Lipinski definition) is 0. The number of aryl methyl sites for hydroxylation is 1. The van der Waals surface area contributed by atoms with Crippen LogP contribution in [0.15, 0.2) is 64.5 Å². The molecule has 2 aromatic carbocycles. The fraction of sp³-hybridized carbons (Fsp3) is 0.318. The van der Waals surface area contributed by atoms with E-state index in [-0.39, 0.29) is 15.5 Å². The maximum Gasteiger partial charge on any atom is 0.245 e. The highest BCUT2D eigenvalue weighted by Gasteiger charge is 2.30. The van der Waals surface area contributed by atoms with Gasteiger partial charge in [0.05, 0.1) is 16.2 Å². The zero-order chi connectivity index (χ0) is 22.9. The minimum atomic E-state index is -3.70. The highest BCUT2D eigenvalue weighted by atomic mass is 35.5. The summed E-state index contributed by atoms with van der Waals surface area (Å²) >= 11 is 5.83. The topological polar surface area (TPSA) is 87.7 Å². The van der Waals surface area contributed by atoms with Gasteiger partial charge < -0.3 is 0 Å². The van der Waals surface area contributed by atoms with Gasteiger partial charge in [-0.1, -0.05) is 23.7 Å². The van der Waals surface area contributed by atoms with Gasteiger partial charge in [0.25, 0.3) is 0 Å². The number of halogens is 1. The Labute approximate surface area is 193 Å². The molecular weight excluding hydrogens is 470 g/mol. The highest BCUT2D eigenvalue weighted by Crippen LogP contribution is 2.25. The number of hydrogen-bond acceptors (Lipinski definition) is 6. The lowest BCUT2D eigenvalue weighted by atomic mass is 10.2. The molecule has 1 saturated heterocycles. The van der Waals surface area contributed by atoms with Crippen LogP contribution in [-0.4, -0.2) is 69.5 Å². The van der Waals surface area contributed by atoms with Crippen molar-refractivity contribution in [1.29, 1.82) is 0 Å². The van der Waals surface area contributed by atoms with E-state index >= 15 is 0 Å². The van der Waals surface area contributed by atoms with E-state index in [9.17, 15) is 16.8 Å². The molecule has 2 heterocycles. The first-order valence-corrected chi connectivity index (χ1v) is 13.7. The first-order valence-electron chi connectivity index (χ1n) is 10.2. The molecule has 3 aromatic rings. The number of fused-ring (bicyclic) bond motifs is 1. The van der Waals surface area contributed by atoms with Gasteiger partial charge in [-0.2, -0.15) is 4.31 Å². The number of benzene rings is 2. The molecule has 0 spiro atoms. The molecule has 0 bridgehead atoms. The number of piperazine rings is 1. The Morgan fingerprint density at radius 2 is 1.66 bits per heavy atom. The second kappa shape index (κ2) is 9.07. The van der Waals surface area contributed by atoms with Crippen LogP contribution < -0.4 is 0 Å². The van der Waals surface area contributed by atoms with Crippen LogP contribution in [-0.2, 0) is 19.9 Å². The van der Waals surface area contributed by atoms with Crippen molar-refractivity contribution in [3.63, 3.8) is 0 Å². The summed E-state index contributed by atoms with van der Waals surface area (Å²) in [4.78, 5) is 6.77. The third-order valence-corrected chi connectivity index (χ3v) is 9.50. The number of pyridine rings is 1. The van der Waals surface area contributed by atoms with E-state index in [0.29, 0.717) is 43.3 Å². The summed E-state index contributed by atoms with van der Waals surface area (Å²) in [6.07, 6.45) is 1.67. The second-order valence-electron chi connectivity index (χ2n) is 7.86. The van der Waals surface area contributed by atoms with Crippen molar-refractivity contribution >= 4 is 42.4 Å². The van der Waals surface area contributed by atoms with Crippen LogP contribution in [0.3, 0.4) is 0 Å². The van der Waals surface area contributed by atoms with E-state index in [4.69, 9.17) is 11.6 Å². The van der Waals surface area contributed by atoms with Crippen LogP contribution in [0.1, 0.15) is 5.56 Å². The van der Waals surface area contributed by atoms with Crippen LogP contribution in [0.2, 0.25) is 5.02 Å². The number of para-hydroxylation sites is 1. The molecule has 7 nitrogen and oxygen atoms in total. The normalized spacial score (nSPS) is 16.4. The summed E-state index contributed by atoms with van der Waals surface area (Å²) in [7, 11) is -7.13. The largest absolute Gasteiger partial charge is 0.300 e. The third-order valence-electron chi connectivity index (χ3n) is 5.61. The molecule has 1 aromatic heterocycles. The molecular formula is C22H24ClN3O4S2. The summed E-state index contributed by atoms with van der Waals surface area (Å²) in [5.74, 6) is -0.0338. The summed E-state index contributed by atoms with van der Waals surface area (Å²) in [5.41, 5.74) is 1.43. The lowest BCUT2D eigenvalue weighted by Crippen LogP contribution is -2.49. The van der Waals surface area contributed by atoms with E-state index in [1.54, 1.807) is 30.5 Å². The minimum absolute atomic E-state index is 0.0338. The Morgan fingerprint density at radius 3 is 2.34 bits per heavy atom. The average molecular weight is 494 g/mol. The quantitative estimate of drug-likeness (QED) is 0.524. The maximum atomic E-state index is 13.3. The van der Waals surface area contributed by atoms with Gasteiger partial charge >= 0.3 is 0 Å². The van der Waals surface area contributed by atoms with Crippen LogP contribution in [0, 0.1) is 6.92 Å². The molecule has 0 unspecified atom stereocenters. The highest BCUT2D eigenvalue weighted by molar-refractivity contribution is 7.91. The Bertz CT molecular complexity index is 1340. The molecule has 4 rings (SSSR count). The van der Waals surface area contributed by atoms with E-state index < -0.39 is 19.9 Å². The molecule has 1 aliphatic rings. The van der Waals surface area contributed by atoms with E-state index in [0.717, 1.165) is 10.9 Å². The van der Waals surface area contributed by atoms with Gasteiger partial charge in [-0.25, -0.2) is 16.8 Å². The van der Waals surface area contributed by atoms with Gasteiger partial charge in [0, 0.05) is 49.3 Å². The van der Waals surface area contributed by atoms with Crippen LogP contribution in [0.4, 0.5) is 0 Å². The van der Waals surface area contributed by atoms with E-state index in [2.05, 4.69) is 4.98 Å². The maximum absolute atomic E-state index is 13.3. The van der Waals surface area contributed by atoms with Crippen molar-refractivity contribution in [1.82, 2.24) is 14.2 Å². The van der Waals surface area contributed by atoms with Crippen molar-refractivity contribution in [3.8, 4) is 0 Å². The molecule has 1 aliphatic heterocycles. The predicted molar refractivity (Wildman–Crippen MR) is 125 cm³/mol. The molecule has 0 amide bonds. The molecule has 1 fully saturated rings. The van der Waals surface area contributed by atoms with Gasteiger partial charge in [0.15, 0.2) is 9.84 Å². The zero-order valence-corrected chi connectivity index (χ0v) is 20.0. The fourth-order valence-electron chi connectivity index (χ4n) is 3.79. The summed E-state index contributed by atoms with van der Waals surface area (Å²) < 4.78 is 53.1. The predicted octanol–water partition coefficient (Wildman–Crippen LogP) is 2.98. The molecule has 0 aliphatic carbocycles. The number of aromatic nitrogens is 1. The Kier molecular flexibility index (Phi) is 6.56. The standard InChI is InChI=1S/C22H24ClN3O4S2/c1-17-15-18-3-2-4-21(22(18)24-16-17)32(29,30)26-11-9-25(10-12-26)13-14-31(27,28)20-7-5-19(23)6-8-20/h2-8,15-16H,9-14H2,1H3. The number of rotatable bonds is 6. The van der Waals surface area contributed by atoms with Gasteiger partial charge in [-0.15, -0.1) is 0 Å². The molecule has 0 atom stereocenters. The number of nitrogens with zero attached hydrogens (tertiary/aromatic N) is 3. The summed E-state index contributed by atoms with van der Waals surface area (Å²) in [6, 6.07) is 13.2. The fourth-order valence-corrected chi connectivity index (χ4v) is 6.79. The van der Waals surface area contributed by atoms with Crippen molar-refractivity contribution in [2.45, 2.75) is 16.7 Å². The van der Waals surface area contributed by atoms with Crippen LogP contribution in [0.25, 0.3) is 10.9 Å². The van der Waals surface area contributed by atoms with E-state index in [1.165, 1.54) is 16.4 Å². The van der Waals surface area contributed by atoms with Gasteiger partial charge in [0.1, 0.15) is 4.90 Å². The monoisotopic (exact) mass is 493 g/mol. The summed E-state index contributed by atoms with van der Waals surface area (Å²) in [6.45, 7) is 3.78. The van der Waals surface area contributed by atoms with Crippen molar-refractivity contribution in [2.75, 3.05) is 38.5 Å². The molecule has 170 valence electrons. The second-order valence-corrected chi connectivity index (χ2v) is 12.3. The van der Waals surface area contributed by atoms with Crippen molar-refractivity contribution in [3.05, 3.63) is 65.3 Å². The molecule has 0 radical (unpaired) electrons. The third kappa shape index (κ3) is 4.82. The lowest BCUT2D eigenvalue weighted by Gasteiger charge is -2.34. The molecule has 0 N–H and O–H groups in total. The smallest absolute Gasteiger partial charge is 0.245 e. The lowest BCUT2D eigenvalue weighted by molar-refractivity contribution is 0.197. The number of sulfonamides is 1. The van der Waals surface area contributed by atoms with Crippen LogP contribution >= 0.6 is 11.6 Å². The van der Waals surface area contributed by atoms with E-state index in [1.807, 2.05) is 24.0 Å². The zero-order valence-electron chi connectivity index (χ0n) is 17.6. The number of sulfone groups is 1. The van der Waals surface area contributed by atoms with Crippen LogP contribution in [0.5, 0.6) is 0 Å². The van der Waals surface area contributed by atoms with Gasteiger partial charge in [-0.05, 0) is 48.9 Å². The van der Waals surface area contributed by atoms with Crippen molar-refractivity contribution < 1.29 is 16.8 Å². The molecule has 0 saturated carbocycles. The Morgan fingerprint density at radius 1 is 0.969 bits per heavy atom. The average Bonchev–Trinajstić information content (AvgIpc) is 2.77. The van der Waals surface area contributed by atoms with Crippen molar-refractivity contribution in [2.24, 2.45) is 0 Å². The molecule has 32 heavy (non-hydrogen) atoms. The summed E-state index contributed by atoms with van der Waals surface area (Å²) in [5, 5.41) is 1.27.